The van der Waals surface area contributed by atoms with Crippen LogP contribution in [0, 0.1) is 11.6 Å². The molecule has 5 nitrogen and oxygen atoms in total. The smallest absolute Gasteiger partial charge is 0.248 e. The van der Waals surface area contributed by atoms with Crippen LogP contribution in [-0.2, 0) is 0 Å². The Morgan fingerprint density at radius 2 is 1.95 bits per heavy atom. The maximum absolute atomic E-state index is 13.3. The number of nitrogens with two attached hydrogens (primary N) is 1. The molecule has 2 aromatic rings. The number of carbonyl (C=O) groups excluding carboxylic acids is 1. The summed E-state index contributed by atoms with van der Waals surface area (Å²) in [5, 5.41) is 10.8. The number of fused-ring (bicyclic) bond motifs is 1. The van der Waals surface area contributed by atoms with E-state index in [1.165, 1.54) is 24.3 Å². The zero-order valence-electron chi connectivity index (χ0n) is 10.6. The lowest BCUT2D eigenvalue weighted by Crippen LogP contribution is -2.23. The molecule has 21 heavy (non-hydrogen) atoms. The molecule has 0 radical (unpaired) electrons. The van der Waals surface area contributed by atoms with Gasteiger partial charge in [0.05, 0.1) is 0 Å². The molecule has 0 saturated heterocycles. The number of hydrogen-bond acceptors (Lipinski definition) is 4. The van der Waals surface area contributed by atoms with E-state index in [-0.39, 0.29) is 16.8 Å². The predicted octanol–water partition coefficient (Wildman–Crippen LogP) is 2.35. The summed E-state index contributed by atoms with van der Waals surface area (Å²) in [6.45, 7) is 0. The van der Waals surface area contributed by atoms with E-state index in [1.54, 1.807) is 0 Å². The molecule has 3 N–H and O–H groups in total. The third kappa shape index (κ3) is 2.17. The van der Waals surface area contributed by atoms with Gasteiger partial charge in [-0.1, -0.05) is 6.07 Å². The number of carbonyl (C=O) groups is 1. The zero-order chi connectivity index (χ0) is 15.1. The van der Waals surface area contributed by atoms with Crippen LogP contribution < -0.4 is 15.5 Å². The number of ether oxygens (including phenoxy) is 1. The van der Waals surface area contributed by atoms with Crippen molar-refractivity contribution < 1.29 is 23.5 Å². The number of amides is 1. The molecule has 7 heteroatoms. The van der Waals surface area contributed by atoms with Crippen LogP contribution in [0.5, 0.6) is 5.75 Å². The van der Waals surface area contributed by atoms with E-state index in [1.807, 2.05) is 0 Å². The van der Waals surface area contributed by atoms with Gasteiger partial charge in [0.15, 0.2) is 11.6 Å². The molecule has 108 valence electrons. The maximum atomic E-state index is 13.3. The minimum Gasteiger partial charge on any atom is -0.462 e. The highest BCUT2D eigenvalue weighted by molar-refractivity contribution is 5.94. The highest BCUT2D eigenvalue weighted by Gasteiger charge is 2.32. The number of hydroxylamine groups is 1. The molecule has 0 aliphatic carbocycles. The summed E-state index contributed by atoms with van der Waals surface area (Å²) in [5.41, 5.74) is 5.81. The van der Waals surface area contributed by atoms with Crippen LogP contribution in [-0.4, -0.2) is 11.1 Å². The summed E-state index contributed by atoms with van der Waals surface area (Å²) in [5.74, 6) is -2.38. The van der Waals surface area contributed by atoms with Crippen molar-refractivity contribution in [3.05, 3.63) is 59.2 Å². The number of halogens is 2. The summed E-state index contributed by atoms with van der Waals surface area (Å²) in [6.07, 6.45) is -1.03. The van der Waals surface area contributed by atoms with Gasteiger partial charge in [-0.2, -0.15) is 0 Å². The van der Waals surface area contributed by atoms with Crippen LogP contribution in [0.2, 0.25) is 0 Å². The quantitative estimate of drug-likeness (QED) is 0.891. The monoisotopic (exact) mass is 292 g/mol. The molecule has 1 aliphatic rings. The van der Waals surface area contributed by atoms with Crippen LogP contribution in [0.4, 0.5) is 14.5 Å². The summed E-state index contributed by atoms with van der Waals surface area (Å²) in [4.78, 5) is 11.1. The molecule has 0 saturated carbocycles. The van der Waals surface area contributed by atoms with Crippen molar-refractivity contribution in [2.24, 2.45) is 5.73 Å². The minimum absolute atomic E-state index is 0.197. The molecular weight excluding hydrogens is 282 g/mol. The Balaban J connectivity index is 1.98. The molecule has 1 aliphatic heterocycles. The first-order chi connectivity index (χ1) is 9.97. The van der Waals surface area contributed by atoms with E-state index in [0.29, 0.717) is 5.75 Å². The standard InChI is InChI=1S/C14H10F2N2O3/c15-9-3-1-8(5-10(9)16)14-18(20)11-6-7(13(17)19)2-4-12(11)21-14/h1-6,14,20H,(H2,17,19). The molecular formula is C14H10F2N2O3. The summed E-state index contributed by atoms with van der Waals surface area (Å²) < 4.78 is 31.7. The lowest BCUT2D eigenvalue weighted by atomic mass is 10.1. The number of nitrogens with zero attached hydrogens (tertiary/aromatic N) is 1. The van der Waals surface area contributed by atoms with E-state index in [9.17, 15) is 18.8 Å². The molecule has 1 heterocycles. The molecule has 1 amide bonds. The number of hydrogen-bond donors (Lipinski definition) is 2. The number of rotatable bonds is 2. The first-order valence-electron chi connectivity index (χ1n) is 6.01. The molecule has 0 bridgehead atoms. The normalized spacial score (nSPS) is 16.5. The number of primary amides is 1. The average Bonchev–Trinajstić information content (AvgIpc) is 2.79. The highest BCUT2D eigenvalue weighted by atomic mass is 19.2. The van der Waals surface area contributed by atoms with E-state index in [2.05, 4.69) is 0 Å². The van der Waals surface area contributed by atoms with Crippen LogP contribution in [0.15, 0.2) is 36.4 Å². The van der Waals surface area contributed by atoms with Crippen molar-refractivity contribution in [3.63, 3.8) is 0 Å². The van der Waals surface area contributed by atoms with E-state index in [0.717, 1.165) is 17.2 Å². The van der Waals surface area contributed by atoms with Crippen LogP contribution in [0.25, 0.3) is 0 Å². The Kier molecular flexibility index (Phi) is 2.99. The summed E-state index contributed by atoms with van der Waals surface area (Å²) >= 11 is 0. The van der Waals surface area contributed by atoms with Gasteiger partial charge in [-0.3, -0.25) is 10.0 Å². The molecule has 0 fully saturated rings. The molecule has 1 atom stereocenters. The first kappa shape index (κ1) is 13.3. The van der Waals surface area contributed by atoms with Crippen molar-refractivity contribution in [1.29, 1.82) is 0 Å². The van der Waals surface area contributed by atoms with E-state index >= 15 is 0 Å². The van der Waals surface area contributed by atoms with Gasteiger partial charge in [-0.15, -0.1) is 0 Å². The Bertz CT molecular complexity index is 736. The molecule has 0 aromatic heterocycles. The Hall–Kier alpha value is -2.67. The molecule has 0 spiro atoms. The first-order valence-corrected chi connectivity index (χ1v) is 6.01. The fraction of sp³-hybridized carbons (Fsp3) is 0.0714. The van der Waals surface area contributed by atoms with Gasteiger partial charge in [-0.05, 0) is 30.3 Å². The maximum Gasteiger partial charge on any atom is 0.248 e. The second-order valence-electron chi connectivity index (χ2n) is 4.54. The zero-order valence-corrected chi connectivity index (χ0v) is 10.6. The van der Waals surface area contributed by atoms with Gasteiger partial charge in [0.1, 0.15) is 11.4 Å². The van der Waals surface area contributed by atoms with Crippen LogP contribution >= 0.6 is 0 Å². The second-order valence-corrected chi connectivity index (χ2v) is 4.54. The van der Waals surface area contributed by atoms with Crippen molar-refractivity contribution >= 4 is 11.6 Å². The van der Waals surface area contributed by atoms with E-state index in [4.69, 9.17) is 10.5 Å². The fourth-order valence-corrected chi connectivity index (χ4v) is 2.12. The highest BCUT2D eigenvalue weighted by Crippen LogP contribution is 2.42. The Labute approximate surface area is 118 Å². The van der Waals surface area contributed by atoms with Crippen molar-refractivity contribution in [1.82, 2.24) is 0 Å². The third-order valence-corrected chi connectivity index (χ3v) is 3.18. The van der Waals surface area contributed by atoms with Gasteiger partial charge in [0, 0.05) is 11.1 Å². The Morgan fingerprint density at radius 3 is 2.62 bits per heavy atom. The SMILES string of the molecule is NC(=O)c1ccc2c(c1)N(O)C(c1ccc(F)c(F)c1)O2. The van der Waals surface area contributed by atoms with Gasteiger partial charge in [0.25, 0.3) is 0 Å². The largest absolute Gasteiger partial charge is 0.462 e. The average molecular weight is 292 g/mol. The topological polar surface area (TPSA) is 75.8 Å². The minimum atomic E-state index is -1.04. The van der Waals surface area contributed by atoms with E-state index < -0.39 is 23.8 Å². The Morgan fingerprint density at radius 1 is 1.19 bits per heavy atom. The third-order valence-electron chi connectivity index (χ3n) is 3.18. The van der Waals surface area contributed by atoms with Gasteiger partial charge < -0.3 is 10.5 Å². The number of anilines is 1. The second kappa shape index (κ2) is 4.71. The molecule has 1 unspecified atom stereocenters. The van der Waals surface area contributed by atoms with Gasteiger partial charge in [0.2, 0.25) is 12.1 Å². The van der Waals surface area contributed by atoms with Crippen molar-refractivity contribution in [3.8, 4) is 5.75 Å². The lowest BCUT2D eigenvalue weighted by Gasteiger charge is -2.18. The van der Waals surface area contributed by atoms with Crippen LogP contribution in [0.1, 0.15) is 22.1 Å². The lowest BCUT2D eigenvalue weighted by molar-refractivity contribution is 0.1000. The van der Waals surface area contributed by atoms with Gasteiger partial charge >= 0.3 is 0 Å². The van der Waals surface area contributed by atoms with Crippen molar-refractivity contribution in [2.75, 3.05) is 5.06 Å². The number of benzene rings is 2. The van der Waals surface area contributed by atoms with Crippen molar-refractivity contribution in [2.45, 2.75) is 6.23 Å². The predicted molar refractivity (Wildman–Crippen MR) is 69.0 cm³/mol. The van der Waals surface area contributed by atoms with Crippen LogP contribution in [0.3, 0.4) is 0 Å². The molecule has 3 rings (SSSR count). The van der Waals surface area contributed by atoms with Gasteiger partial charge in [-0.25, -0.2) is 13.8 Å². The fourth-order valence-electron chi connectivity index (χ4n) is 2.12. The molecule has 2 aromatic carbocycles. The summed E-state index contributed by atoms with van der Waals surface area (Å²) in [6, 6.07) is 7.45. The summed E-state index contributed by atoms with van der Waals surface area (Å²) in [7, 11) is 0.